The summed E-state index contributed by atoms with van der Waals surface area (Å²) in [5.41, 5.74) is -0.776. The summed E-state index contributed by atoms with van der Waals surface area (Å²) in [4.78, 5) is 11.4. The van der Waals surface area contributed by atoms with Crippen LogP contribution in [0.15, 0.2) is 16.7 Å². The van der Waals surface area contributed by atoms with Gasteiger partial charge in [-0.1, -0.05) is 6.92 Å². The summed E-state index contributed by atoms with van der Waals surface area (Å²) in [6.07, 6.45) is 1.72. The highest BCUT2D eigenvalue weighted by molar-refractivity contribution is 6.31. The molecule has 2 aromatic heterocycles. The van der Waals surface area contributed by atoms with Crippen LogP contribution in [0.5, 0.6) is 0 Å². The van der Waals surface area contributed by atoms with E-state index in [1.807, 2.05) is 0 Å². The predicted octanol–water partition coefficient (Wildman–Crippen LogP) is 1.80. The molecule has 7 nitrogen and oxygen atoms in total. The van der Waals surface area contributed by atoms with E-state index in [9.17, 15) is 9.90 Å². The number of furan rings is 1. The fraction of sp³-hybridized carbons (Fsp3) is 0.400. The first-order valence-corrected chi connectivity index (χ1v) is 5.64. The molecule has 0 spiro atoms. The van der Waals surface area contributed by atoms with E-state index in [2.05, 4.69) is 15.5 Å². The van der Waals surface area contributed by atoms with Crippen molar-refractivity contribution in [2.24, 2.45) is 0 Å². The number of tetrazole rings is 1. The monoisotopic (exact) mass is 270 g/mol. The summed E-state index contributed by atoms with van der Waals surface area (Å²) in [6.45, 7) is 3.29. The third-order valence-electron chi connectivity index (χ3n) is 2.95. The van der Waals surface area contributed by atoms with Crippen molar-refractivity contribution in [3.63, 3.8) is 0 Å². The second-order valence-corrected chi connectivity index (χ2v) is 4.30. The minimum absolute atomic E-state index is 0.120. The minimum atomic E-state index is -1.24. The van der Waals surface area contributed by atoms with Gasteiger partial charge in [0, 0.05) is 0 Å². The average molecular weight is 271 g/mol. The first kappa shape index (κ1) is 12.6. The van der Waals surface area contributed by atoms with Crippen LogP contribution in [-0.2, 0) is 10.3 Å². The number of hydrogen-bond acceptors (Lipinski definition) is 5. The molecule has 0 amide bonds. The Balaban J connectivity index is 2.58. The smallest absolute Gasteiger partial charge is 0.331 e. The number of rotatable bonds is 4. The summed E-state index contributed by atoms with van der Waals surface area (Å²) in [5.74, 6) is -0.751. The van der Waals surface area contributed by atoms with Gasteiger partial charge in [0.1, 0.15) is 0 Å². The highest BCUT2D eigenvalue weighted by Gasteiger charge is 2.37. The lowest BCUT2D eigenvalue weighted by molar-refractivity contribution is -0.147. The van der Waals surface area contributed by atoms with Crippen molar-refractivity contribution in [2.45, 2.75) is 25.8 Å². The molecule has 2 heterocycles. The molecule has 2 aromatic rings. The van der Waals surface area contributed by atoms with E-state index in [4.69, 9.17) is 16.0 Å². The van der Waals surface area contributed by atoms with Gasteiger partial charge >= 0.3 is 5.97 Å². The summed E-state index contributed by atoms with van der Waals surface area (Å²) in [5, 5.41) is 20.5. The maximum absolute atomic E-state index is 11.4. The Hall–Kier alpha value is -1.89. The Morgan fingerprint density at radius 2 is 2.39 bits per heavy atom. The number of aliphatic carboxylic acids is 1. The molecule has 0 aliphatic heterocycles. The van der Waals surface area contributed by atoms with Crippen LogP contribution < -0.4 is 0 Å². The van der Waals surface area contributed by atoms with Crippen LogP contribution in [-0.4, -0.2) is 31.3 Å². The number of hydrogen-bond donors (Lipinski definition) is 1. The zero-order valence-electron chi connectivity index (χ0n) is 9.79. The van der Waals surface area contributed by atoms with E-state index in [0.717, 1.165) is 0 Å². The van der Waals surface area contributed by atoms with E-state index >= 15 is 0 Å². The van der Waals surface area contributed by atoms with Crippen LogP contribution >= 0.6 is 11.6 Å². The summed E-state index contributed by atoms with van der Waals surface area (Å²) in [6, 6.07) is 1.59. The van der Waals surface area contributed by atoms with Gasteiger partial charge in [-0.05, 0) is 41.4 Å². The van der Waals surface area contributed by atoms with Gasteiger partial charge in [-0.25, -0.2) is 9.48 Å². The Bertz CT molecular complexity index is 579. The molecule has 8 heteroatoms. The van der Waals surface area contributed by atoms with Gasteiger partial charge in [0.05, 0.1) is 11.8 Å². The van der Waals surface area contributed by atoms with Gasteiger partial charge in [-0.3, -0.25) is 0 Å². The van der Waals surface area contributed by atoms with Crippen LogP contribution in [0.4, 0.5) is 0 Å². The van der Waals surface area contributed by atoms with E-state index in [0.29, 0.717) is 12.0 Å². The van der Waals surface area contributed by atoms with E-state index in [-0.39, 0.29) is 11.0 Å². The Morgan fingerprint density at radius 1 is 1.67 bits per heavy atom. The molecule has 0 fully saturated rings. The molecule has 0 saturated heterocycles. The van der Waals surface area contributed by atoms with E-state index < -0.39 is 11.5 Å². The minimum Gasteiger partial charge on any atom is -0.479 e. The van der Waals surface area contributed by atoms with Crippen LogP contribution in [0.25, 0.3) is 11.4 Å². The highest BCUT2D eigenvalue weighted by atomic mass is 35.5. The zero-order chi connectivity index (χ0) is 13.3. The summed E-state index contributed by atoms with van der Waals surface area (Å²) >= 11 is 5.85. The van der Waals surface area contributed by atoms with Crippen LogP contribution in [0.2, 0.25) is 5.22 Å². The van der Waals surface area contributed by atoms with Crippen molar-refractivity contribution in [2.75, 3.05) is 0 Å². The maximum Gasteiger partial charge on any atom is 0.331 e. The third kappa shape index (κ3) is 1.76. The second kappa shape index (κ2) is 4.41. The largest absolute Gasteiger partial charge is 0.479 e. The Labute approximate surface area is 107 Å². The molecule has 96 valence electrons. The van der Waals surface area contributed by atoms with Gasteiger partial charge in [-0.15, -0.1) is 5.10 Å². The van der Waals surface area contributed by atoms with Crippen molar-refractivity contribution in [3.8, 4) is 11.4 Å². The van der Waals surface area contributed by atoms with Gasteiger partial charge in [-0.2, -0.15) is 0 Å². The molecule has 1 atom stereocenters. The number of carboxylic acid groups (broad SMARTS) is 1. The van der Waals surface area contributed by atoms with Crippen LogP contribution in [0, 0.1) is 0 Å². The van der Waals surface area contributed by atoms with Gasteiger partial charge < -0.3 is 9.52 Å². The quantitative estimate of drug-likeness (QED) is 0.910. The standard InChI is InChI=1S/C10H11ClN4O3/c1-3-10(2,9(16)17)15-8(12-13-14-15)6-4-5-18-7(6)11/h4-5H,3H2,1-2H3,(H,16,17). The molecule has 0 radical (unpaired) electrons. The fourth-order valence-electron chi connectivity index (χ4n) is 1.53. The lowest BCUT2D eigenvalue weighted by Gasteiger charge is -2.23. The molecule has 1 N–H and O–H groups in total. The Kier molecular flexibility index (Phi) is 3.08. The van der Waals surface area contributed by atoms with E-state index in [1.165, 1.54) is 10.9 Å². The lowest BCUT2D eigenvalue weighted by Crippen LogP contribution is -2.39. The summed E-state index contributed by atoms with van der Waals surface area (Å²) < 4.78 is 6.20. The first-order chi connectivity index (χ1) is 8.50. The van der Waals surface area contributed by atoms with Crippen LogP contribution in [0.3, 0.4) is 0 Å². The predicted molar refractivity (Wildman–Crippen MR) is 62.1 cm³/mol. The molecular formula is C10H11ClN4O3. The lowest BCUT2D eigenvalue weighted by atomic mass is 9.99. The molecule has 18 heavy (non-hydrogen) atoms. The van der Waals surface area contributed by atoms with Crippen molar-refractivity contribution < 1.29 is 14.3 Å². The second-order valence-electron chi connectivity index (χ2n) is 3.95. The van der Waals surface area contributed by atoms with Gasteiger partial charge in [0.25, 0.3) is 0 Å². The molecule has 0 aliphatic rings. The molecule has 0 saturated carbocycles. The van der Waals surface area contributed by atoms with E-state index in [1.54, 1.807) is 19.9 Å². The summed E-state index contributed by atoms with van der Waals surface area (Å²) in [7, 11) is 0. The molecular weight excluding hydrogens is 260 g/mol. The van der Waals surface area contributed by atoms with Crippen LogP contribution in [0.1, 0.15) is 20.3 Å². The topological polar surface area (TPSA) is 94.0 Å². The van der Waals surface area contributed by atoms with Crippen molar-refractivity contribution in [3.05, 3.63) is 17.5 Å². The van der Waals surface area contributed by atoms with Crippen molar-refractivity contribution in [1.82, 2.24) is 20.2 Å². The highest BCUT2D eigenvalue weighted by Crippen LogP contribution is 2.31. The third-order valence-corrected chi connectivity index (χ3v) is 3.24. The average Bonchev–Trinajstić information content (AvgIpc) is 2.95. The number of carboxylic acids is 1. The van der Waals surface area contributed by atoms with Crippen molar-refractivity contribution >= 4 is 17.6 Å². The van der Waals surface area contributed by atoms with Gasteiger partial charge in [0.15, 0.2) is 11.4 Å². The molecule has 1 unspecified atom stereocenters. The van der Waals surface area contributed by atoms with Gasteiger partial charge in [0.2, 0.25) is 5.22 Å². The number of aromatic nitrogens is 4. The maximum atomic E-state index is 11.4. The fourth-order valence-corrected chi connectivity index (χ4v) is 1.73. The van der Waals surface area contributed by atoms with Crippen molar-refractivity contribution in [1.29, 1.82) is 0 Å². The number of carbonyl (C=O) groups is 1. The SMILES string of the molecule is CCC(C)(C(=O)O)n1nnnc1-c1ccoc1Cl. The normalized spacial score (nSPS) is 14.4. The molecule has 2 rings (SSSR count). The number of nitrogens with zero attached hydrogens (tertiary/aromatic N) is 4. The first-order valence-electron chi connectivity index (χ1n) is 5.26. The molecule has 0 aliphatic carbocycles. The number of halogens is 1. The molecule has 0 bridgehead atoms. The zero-order valence-corrected chi connectivity index (χ0v) is 10.5. The Morgan fingerprint density at radius 3 is 2.89 bits per heavy atom. The molecule has 0 aromatic carbocycles.